The molecule has 1 fully saturated rings. The van der Waals surface area contributed by atoms with Gasteiger partial charge < -0.3 is 5.32 Å². The molecule has 0 amide bonds. The van der Waals surface area contributed by atoms with Crippen molar-refractivity contribution in [3.63, 3.8) is 0 Å². The SMILES string of the molecule is CCC1CCCC(C(NC)c2ccc(Br)cn2)C1. The normalized spacial score (nSPS) is 25.9. The van der Waals surface area contributed by atoms with Crippen LogP contribution < -0.4 is 5.32 Å². The zero-order valence-electron chi connectivity index (χ0n) is 11.3. The van der Waals surface area contributed by atoms with Crippen molar-refractivity contribution in [2.45, 2.75) is 45.1 Å². The summed E-state index contributed by atoms with van der Waals surface area (Å²) in [6.45, 7) is 2.32. The predicted molar refractivity (Wildman–Crippen MR) is 79.5 cm³/mol. The minimum atomic E-state index is 0.410. The Morgan fingerprint density at radius 3 is 2.89 bits per heavy atom. The fourth-order valence-electron chi connectivity index (χ4n) is 3.20. The van der Waals surface area contributed by atoms with E-state index in [9.17, 15) is 0 Å². The van der Waals surface area contributed by atoms with Crippen molar-refractivity contribution in [3.8, 4) is 0 Å². The minimum absolute atomic E-state index is 0.410. The zero-order valence-corrected chi connectivity index (χ0v) is 12.9. The molecule has 0 bridgehead atoms. The second-order valence-corrected chi connectivity index (χ2v) is 6.28. The van der Waals surface area contributed by atoms with Crippen LogP contribution in [0, 0.1) is 11.8 Å². The predicted octanol–water partition coefficient (Wildman–Crippen LogP) is 4.32. The topological polar surface area (TPSA) is 24.9 Å². The maximum absolute atomic E-state index is 4.57. The van der Waals surface area contributed by atoms with E-state index in [0.717, 1.165) is 16.3 Å². The van der Waals surface area contributed by atoms with E-state index in [4.69, 9.17) is 0 Å². The van der Waals surface area contributed by atoms with Crippen molar-refractivity contribution < 1.29 is 0 Å². The van der Waals surface area contributed by atoms with Crippen LogP contribution in [0.25, 0.3) is 0 Å². The highest BCUT2D eigenvalue weighted by atomic mass is 79.9. The van der Waals surface area contributed by atoms with Gasteiger partial charge in [-0.15, -0.1) is 0 Å². The molecule has 2 nitrogen and oxygen atoms in total. The first-order valence-electron chi connectivity index (χ1n) is 7.03. The van der Waals surface area contributed by atoms with Crippen LogP contribution in [-0.4, -0.2) is 12.0 Å². The largest absolute Gasteiger partial charge is 0.311 e. The molecule has 3 atom stereocenters. The fraction of sp³-hybridized carbons (Fsp3) is 0.667. The lowest BCUT2D eigenvalue weighted by molar-refractivity contribution is 0.212. The molecule has 1 heterocycles. The number of nitrogens with zero attached hydrogens (tertiary/aromatic N) is 1. The van der Waals surface area contributed by atoms with Crippen LogP contribution in [-0.2, 0) is 0 Å². The highest BCUT2D eigenvalue weighted by molar-refractivity contribution is 9.10. The molecule has 1 aliphatic rings. The molecule has 1 aromatic rings. The van der Waals surface area contributed by atoms with Gasteiger partial charge in [-0.05, 0) is 59.8 Å². The van der Waals surface area contributed by atoms with Gasteiger partial charge in [0.15, 0.2) is 0 Å². The summed E-state index contributed by atoms with van der Waals surface area (Å²) >= 11 is 3.45. The quantitative estimate of drug-likeness (QED) is 0.895. The second-order valence-electron chi connectivity index (χ2n) is 5.37. The monoisotopic (exact) mass is 310 g/mol. The van der Waals surface area contributed by atoms with E-state index in [1.165, 1.54) is 37.8 Å². The standard InChI is InChI=1S/C15H23BrN2/c1-3-11-5-4-6-12(9-11)15(17-2)14-8-7-13(16)10-18-14/h7-8,10-12,15,17H,3-6,9H2,1-2H3. The Labute approximate surface area is 119 Å². The Hall–Kier alpha value is -0.410. The molecule has 1 N–H and O–H groups in total. The summed E-state index contributed by atoms with van der Waals surface area (Å²) in [4.78, 5) is 4.57. The molecule has 1 aliphatic carbocycles. The van der Waals surface area contributed by atoms with E-state index in [1.54, 1.807) is 0 Å². The van der Waals surface area contributed by atoms with Gasteiger partial charge in [0.1, 0.15) is 0 Å². The average Bonchev–Trinajstić information content (AvgIpc) is 2.42. The summed E-state index contributed by atoms with van der Waals surface area (Å²) in [6.07, 6.45) is 8.69. The highest BCUT2D eigenvalue weighted by Crippen LogP contribution is 2.37. The summed E-state index contributed by atoms with van der Waals surface area (Å²) in [7, 11) is 2.06. The van der Waals surface area contributed by atoms with Crippen LogP contribution in [0.5, 0.6) is 0 Å². The van der Waals surface area contributed by atoms with Crippen molar-refractivity contribution in [3.05, 3.63) is 28.5 Å². The molecule has 100 valence electrons. The number of hydrogen-bond acceptors (Lipinski definition) is 2. The molecule has 1 saturated carbocycles. The summed E-state index contributed by atoms with van der Waals surface area (Å²) in [5, 5.41) is 3.47. The van der Waals surface area contributed by atoms with Crippen LogP contribution >= 0.6 is 15.9 Å². The lowest BCUT2D eigenvalue weighted by Gasteiger charge is -2.34. The Kier molecular flexibility index (Phi) is 5.19. The molecule has 3 heteroatoms. The van der Waals surface area contributed by atoms with Gasteiger partial charge in [0.2, 0.25) is 0 Å². The third kappa shape index (κ3) is 3.33. The lowest BCUT2D eigenvalue weighted by Crippen LogP contribution is -2.30. The van der Waals surface area contributed by atoms with Gasteiger partial charge in [0, 0.05) is 10.7 Å². The lowest BCUT2D eigenvalue weighted by atomic mass is 9.76. The number of pyridine rings is 1. The van der Waals surface area contributed by atoms with Gasteiger partial charge in [-0.2, -0.15) is 0 Å². The summed E-state index contributed by atoms with van der Waals surface area (Å²) in [5.41, 5.74) is 1.18. The van der Waals surface area contributed by atoms with E-state index in [1.807, 2.05) is 6.20 Å². The van der Waals surface area contributed by atoms with Crippen LogP contribution in [0.15, 0.2) is 22.8 Å². The molecular formula is C15H23BrN2. The van der Waals surface area contributed by atoms with E-state index in [-0.39, 0.29) is 0 Å². The van der Waals surface area contributed by atoms with Gasteiger partial charge in [-0.3, -0.25) is 4.98 Å². The van der Waals surface area contributed by atoms with Crippen LogP contribution in [0.1, 0.15) is 50.8 Å². The van der Waals surface area contributed by atoms with Crippen LogP contribution in [0.2, 0.25) is 0 Å². The van der Waals surface area contributed by atoms with Crippen molar-refractivity contribution >= 4 is 15.9 Å². The molecule has 0 saturated heterocycles. The van der Waals surface area contributed by atoms with Crippen molar-refractivity contribution in [1.29, 1.82) is 0 Å². The number of halogens is 1. The number of aromatic nitrogens is 1. The van der Waals surface area contributed by atoms with E-state index < -0.39 is 0 Å². The maximum atomic E-state index is 4.57. The molecule has 0 aromatic carbocycles. The van der Waals surface area contributed by atoms with Gasteiger partial charge in [-0.1, -0.05) is 26.2 Å². The summed E-state index contributed by atoms with van der Waals surface area (Å²) < 4.78 is 1.05. The number of nitrogens with one attached hydrogen (secondary N) is 1. The molecule has 0 radical (unpaired) electrons. The maximum Gasteiger partial charge on any atom is 0.0576 e. The van der Waals surface area contributed by atoms with E-state index in [0.29, 0.717) is 6.04 Å². The van der Waals surface area contributed by atoms with Crippen LogP contribution in [0.4, 0.5) is 0 Å². The fourth-order valence-corrected chi connectivity index (χ4v) is 3.44. The first-order chi connectivity index (χ1) is 8.74. The molecular weight excluding hydrogens is 288 g/mol. The second kappa shape index (κ2) is 6.67. The van der Waals surface area contributed by atoms with Crippen molar-refractivity contribution in [1.82, 2.24) is 10.3 Å². The molecule has 18 heavy (non-hydrogen) atoms. The average molecular weight is 311 g/mol. The summed E-state index contributed by atoms with van der Waals surface area (Å²) in [5.74, 6) is 1.65. The van der Waals surface area contributed by atoms with Gasteiger partial charge in [0.05, 0.1) is 11.7 Å². The Balaban J connectivity index is 2.10. The molecule has 3 unspecified atom stereocenters. The van der Waals surface area contributed by atoms with E-state index >= 15 is 0 Å². The van der Waals surface area contributed by atoms with E-state index in [2.05, 4.69) is 52.3 Å². The Morgan fingerprint density at radius 1 is 1.44 bits per heavy atom. The molecule has 1 aromatic heterocycles. The molecule has 0 spiro atoms. The first kappa shape index (κ1) is 14.0. The third-order valence-electron chi connectivity index (χ3n) is 4.25. The van der Waals surface area contributed by atoms with Gasteiger partial charge in [0.25, 0.3) is 0 Å². The zero-order chi connectivity index (χ0) is 13.0. The van der Waals surface area contributed by atoms with Crippen LogP contribution in [0.3, 0.4) is 0 Å². The van der Waals surface area contributed by atoms with Gasteiger partial charge in [-0.25, -0.2) is 0 Å². The third-order valence-corrected chi connectivity index (χ3v) is 4.72. The number of rotatable bonds is 4. The van der Waals surface area contributed by atoms with Crippen molar-refractivity contribution in [2.75, 3.05) is 7.05 Å². The first-order valence-corrected chi connectivity index (χ1v) is 7.82. The highest BCUT2D eigenvalue weighted by Gasteiger charge is 2.28. The van der Waals surface area contributed by atoms with Gasteiger partial charge >= 0.3 is 0 Å². The molecule has 0 aliphatic heterocycles. The Morgan fingerprint density at radius 2 is 2.28 bits per heavy atom. The Bertz CT molecular complexity index is 363. The molecule has 2 rings (SSSR count). The smallest absolute Gasteiger partial charge is 0.0576 e. The summed E-state index contributed by atoms with van der Waals surface area (Å²) in [6, 6.07) is 4.64. The number of hydrogen-bond donors (Lipinski definition) is 1. The minimum Gasteiger partial charge on any atom is -0.311 e. The van der Waals surface area contributed by atoms with Crippen molar-refractivity contribution in [2.24, 2.45) is 11.8 Å².